The van der Waals surface area contributed by atoms with E-state index in [1.807, 2.05) is 6.92 Å². The minimum atomic E-state index is -0.489. The fourth-order valence-corrected chi connectivity index (χ4v) is 1.64. The molecule has 0 spiro atoms. The summed E-state index contributed by atoms with van der Waals surface area (Å²) >= 11 is 0. The van der Waals surface area contributed by atoms with E-state index in [4.69, 9.17) is 4.74 Å². The Hall–Kier alpha value is -0.860. The van der Waals surface area contributed by atoms with Gasteiger partial charge in [0, 0.05) is 6.42 Å². The van der Waals surface area contributed by atoms with Gasteiger partial charge >= 0.3 is 5.97 Å². The summed E-state index contributed by atoms with van der Waals surface area (Å²) in [4.78, 5) is 22.7. The van der Waals surface area contributed by atoms with Crippen LogP contribution >= 0.6 is 0 Å². The summed E-state index contributed by atoms with van der Waals surface area (Å²) in [5.74, 6) is -0.461. The van der Waals surface area contributed by atoms with Crippen molar-refractivity contribution in [1.82, 2.24) is 0 Å². The molecule has 1 aliphatic carbocycles. The van der Waals surface area contributed by atoms with Crippen LogP contribution in [-0.4, -0.2) is 17.9 Å². The van der Waals surface area contributed by atoms with Gasteiger partial charge in [-0.15, -0.1) is 0 Å². The third-order valence-electron chi connectivity index (χ3n) is 2.21. The topological polar surface area (TPSA) is 43.4 Å². The number of hydrogen-bond acceptors (Lipinski definition) is 3. The van der Waals surface area contributed by atoms with Crippen molar-refractivity contribution in [1.29, 1.82) is 0 Å². The average Bonchev–Trinajstić information content (AvgIpc) is 2.28. The number of Topliss-reactive ketones (excluding diaryl/α,β-unsaturated/α-hetero) is 1. The zero-order valence-electron chi connectivity index (χ0n) is 8.37. The Balaban J connectivity index is 2.52. The maximum absolute atomic E-state index is 11.4. The molecule has 0 aliphatic heterocycles. The molecule has 0 amide bonds. The monoisotopic (exact) mass is 184 g/mol. The predicted molar refractivity (Wildman–Crippen MR) is 48.1 cm³/mol. The van der Waals surface area contributed by atoms with Crippen LogP contribution in [0.25, 0.3) is 0 Å². The van der Waals surface area contributed by atoms with Gasteiger partial charge in [-0.3, -0.25) is 9.59 Å². The van der Waals surface area contributed by atoms with Crippen molar-refractivity contribution >= 4 is 11.8 Å². The molecule has 0 saturated heterocycles. The van der Waals surface area contributed by atoms with Crippen LogP contribution < -0.4 is 0 Å². The third kappa shape index (κ3) is 2.54. The molecule has 0 heterocycles. The highest BCUT2D eigenvalue weighted by atomic mass is 16.5. The maximum Gasteiger partial charge on any atom is 0.316 e. The summed E-state index contributed by atoms with van der Waals surface area (Å²) < 4.78 is 4.99. The predicted octanol–water partition coefficient (Wildman–Crippen LogP) is 1.55. The number of rotatable bonds is 2. The molecule has 3 heteroatoms. The first-order valence-electron chi connectivity index (χ1n) is 4.74. The first kappa shape index (κ1) is 10.2. The van der Waals surface area contributed by atoms with Crippen LogP contribution in [0.4, 0.5) is 0 Å². The Morgan fingerprint density at radius 2 is 2.15 bits per heavy atom. The van der Waals surface area contributed by atoms with E-state index in [-0.39, 0.29) is 17.9 Å². The van der Waals surface area contributed by atoms with E-state index in [0.29, 0.717) is 18.8 Å². The summed E-state index contributed by atoms with van der Waals surface area (Å²) in [6, 6.07) is 0. The number of hydrogen-bond donors (Lipinski definition) is 0. The Kier molecular flexibility index (Phi) is 3.07. The van der Waals surface area contributed by atoms with Crippen molar-refractivity contribution < 1.29 is 14.3 Å². The lowest BCUT2D eigenvalue weighted by Gasteiger charge is -2.11. The molecule has 1 unspecified atom stereocenters. The van der Waals surface area contributed by atoms with Crippen LogP contribution in [0.3, 0.4) is 0 Å². The second-order valence-electron chi connectivity index (χ2n) is 4.05. The number of carbonyl (C=O) groups is 2. The number of ether oxygens (including phenoxy) is 1. The van der Waals surface area contributed by atoms with E-state index in [2.05, 4.69) is 0 Å². The average molecular weight is 184 g/mol. The summed E-state index contributed by atoms with van der Waals surface area (Å²) in [5, 5.41) is 0. The van der Waals surface area contributed by atoms with Crippen molar-refractivity contribution in [2.24, 2.45) is 11.8 Å². The molecule has 0 aromatic rings. The van der Waals surface area contributed by atoms with E-state index in [0.717, 1.165) is 0 Å². The van der Waals surface area contributed by atoms with Gasteiger partial charge in [-0.05, 0) is 26.2 Å². The van der Waals surface area contributed by atoms with Crippen LogP contribution in [0.2, 0.25) is 0 Å². The fraction of sp³-hybridized carbons (Fsp3) is 0.800. The molecule has 0 aromatic heterocycles. The lowest BCUT2D eigenvalue weighted by atomic mass is 10.1. The highest BCUT2D eigenvalue weighted by Crippen LogP contribution is 2.28. The molecule has 3 nitrogen and oxygen atoms in total. The fourth-order valence-electron chi connectivity index (χ4n) is 1.64. The van der Waals surface area contributed by atoms with E-state index in [1.165, 1.54) is 0 Å². The first-order chi connectivity index (χ1) is 6.00. The SMILES string of the molecule is CC(C)OC(=O)C1C[C@@H](C)CC1=O. The molecule has 0 radical (unpaired) electrons. The second-order valence-corrected chi connectivity index (χ2v) is 4.05. The summed E-state index contributed by atoms with van der Waals surface area (Å²) in [5.41, 5.74) is 0. The largest absolute Gasteiger partial charge is 0.462 e. The van der Waals surface area contributed by atoms with Crippen LogP contribution in [-0.2, 0) is 14.3 Å². The summed E-state index contributed by atoms with van der Waals surface area (Å²) in [7, 11) is 0. The number of carbonyl (C=O) groups excluding carboxylic acids is 2. The minimum absolute atomic E-state index is 0.0400. The van der Waals surface area contributed by atoms with Gasteiger partial charge in [0.2, 0.25) is 0 Å². The first-order valence-corrected chi connectivity index (χ1v) is 4.74. The molecule has 13 heavy (non-hydrogen) atoms. The zero-order chi connectivity index (χ0) is 10.0. The molecule has 1 aliphatic rings. The quantitative estimate of drug-likeness (QED) is 0.483. The molecule has 2 atom stereocenters. The van der Waals surface area contributed by atoms with Gasteiger partial charge in [-0.1, -0.05) is 6.92 Å². The molecule has 1 fully saturated rings. The number of esters is 1. The van der Waals surface area contributed by atoms with Crippen molar-refractivity contribution in [3.05, 3.63) is 0 Å². The maximum atomic E-state index is 11.4. The van der Waals surface area contributed by atoms with Crippen LogP contribution in [0.5, 0.6) is 0 Å². The third-order valence-corrected chi connectivity index (χ3v) is 2.21. The van der Waals surface area contributed by atoms with Crippen LogP contribution in [0.15, 0.2) is 0 Å². The van der Waals surface area contributed by atoms with Gasteiger partial charge < -0.3 is 4.74 Å². The van der Waals surface area contributed by atoms with Crippen molar-refractivity contribution in [3.8, 4) is 0 Å². The smallest absolute Gasteiger partial charge is 0.316 e. The Morgan fingerprint density at radius 1 is 1.54 bits per heavy atom. The normalized spacial score (nSPS) is 28.2. The molecular formula is C10H16O3. The zero-order valence-corrected chi connectivity index (χ0v) is 8.37. The van der Waals surface area contributed by atoms with Gasteiger partial charge in [-0.25, -0.2) is 0 Å². The van der Waals surface area contributed by atoms with Gasteiger partial charge in [0.25, 0.3) is 0 Å². The second kappa shape index (κ2) is 3.90. The summed E-state index contributed by atoms with van der Waals surface area (Å²) in [6.07, 6.45) is 1.05. The number of ketones is 1. The van der Waals surface area contributed by atoms with Crippen LogP contribution in [0, 0.1) is 11.8 Å². The van der Waals surface area contributed by atoms with E-state index in [9.17, 15) is 9.59 Å². The lowest BCUT2D eigenvalue weighted by Crippen LogP contribution is -2.24. The van der Waals surface area contributed by atoms with Gasteiger partial charge in [-0.2, -0.15) is 0 Å². The van der Waals surface area contributed by atoms with Crippen molar-refractivity contribution in [2.75, 3.05) is 0 Å². The van der Waals surface area contributed by atoms with Crippen molar-refractivity contribution in [3.63, 3.8) is 0 Å². The highest BCUT2D eigenvalue weighted by Gasteiger charge is 2.36. The van der Waals surface area contributed by atoms with E-state index >= 15 is 0 Å². The molecule has 1 saturated carbocycles. The molecule has 0 aromatic carbocycles. The van der Waals surface area contributed by atoms with Crippen molar-refractivity contribution in [2.45, 2.75) is 39.7 Å². The highest BCUT2D eigenvalue weighted by molar-refractivity contribution is 6.00. The molecule has 1 rings (SSSR count). The Bertz CT molecular complexity index is 220. The summed E-state index contributed by atoms with van der Waals surface area (Å²) in [6.45, 7) is 5.57. The Morgan fingerprint density at radius 3 is 2.54 bits per heavy atom. The lowest BCUT2D eigenvalue weighted by molar-refractivity contribution is -0.154. The molecule has 0 N–H and O–H groups in total. The van der Waals surface area contributed by atoms with Gasteiger partial charge in [0.05, 0.1) is 6.10 Å². The van der Waals surface area contributed by atoms with Crippen LogP contribution in [0.1, 0.15) is 33.6 Å². The molecular weight excluding hydrogens is 168 g/mol. The van der Waals surface area contributed by atoms with Gasteiger partial charge in [0.1, 0.15) is 11.7 Å². The van der Waals surface area contributed by atoms with E-state index in [1.54, 1.807) is 13.8 Å². The van der Waals surface area contributed by atoms with Gasteiger partial charge in [0.15, 0.2) is 0 Å². The molecule has 0 bridgehead atoms. The minimum Gasteiger partial charge on any atom is -0.462 e. The van der Waals surface area contributed by atoms with E-state index < -0.39 is 5.92 Å². The standard InChI is InChI=1S/C10H16O3/c1-6(2)13-10(12)8-4-7(3)5-9(8)11/h6-8H,4-5H2,1-3H3/t7-,8?/m1/s1. The molecule has 74 valence electrons. The Labute approximate surface area is 78.5 Å².